The van der Waals surface area contributed by atoms with Gasteiger partial charge >= 0.3 is 0 Å². The summed E-state index contributed by atoms with van der Waals surface area (Å²) >= 11 is 0. The van der Waals surface area contributed by atoms with Gasteiger partial charge in [0.1, 0.15) is 0 Å². The van der Waals surface area contributed by atoms with Crippen molar-refractivity contribution >= 4 is 65.4 Å². The van der Waals surface area contributed by atoms with E-state index in [2.05, 4.69) is 171 Å². The summed E-state index contributed by atoms with van der Waals surface area (Å²) in [6.45, 7) is 0. The van der Waals surface area contributed by atoms with Crippen LogP contribution in [0.1, 0.15) is 11.1 Å². The molecule has 0 saturated carbocycles. The summed E-state index contributed by atoms with van der Waals surface area (Å²) in [6, 6.07) is 66.0. The van der Waals surface area contributed by atoms with Gasteiger partial charge in [0.15, 0.2) is 0 Å². The van der Waals surface area contributed by atoms with Crippen LogP contribution < -0.4 is 0 Å². The molecule has 0 fully saturated rings. The van der Waals surface area contributed by atoms with Crippen LogP contribution in [0, 0.1) is 22.7 Å². The van der Waals surface area contributed by atoms with Crippen molar-refractivity contribution in [1.29, 1.82) is 10.5 Å². The number of rotatable bonds is 4. The molecule has 0 atom stereocenters. The van der Waals surface area contributed by atoms with Gasteiger partial charge in [-0.2, -0.15) is 10.5 Å². The SMILES string of the molecule is N#Cc1ccc2c(c1)c1ccccc1n2-c1ccc2c3ccccc3n(-c3ccc(C#N)c(-c4ccc(-n5c6ccccc6c6ccccc65)cc4)c3)c2c1. The number of para-hydroxylation sites is 4. The van der Waals surface area contributed by atoms with Crippen molar-refractivity contribution in [1.82, 2.24) is 13.7 Å². The molecule has 3 aromatic heterocycles. The molecule has 0 radical (unpaired) electrons. The lowest BCUT2D eigenvalue weighted by atomic mass is 9.99. The van der Waals surface area contributed by atoms with Gasteiger partial charge in [-0.25, -0.2) is 0 Å². The van der Waals surface area contributed by atoms with E-state index in [0.717, 1.165) is 82.8 Å². The minimum absolute atomic E-state index is 0.622. The quantitative estimate of drug-likeness (QED) is 0.184. The number of hydrogen-bond acceptors (Lipinski definition) is 2. The topological polar surface area (TPSA) is 62.4 Å². The highest BCUT2D eigenvalue weighted by Gasteiger charge is 2.18. The maximum Gasteiger partial charge on any atom is 0.0998 e. The summed E-state index contributed by atoms with van der Waals surface area (Å²) in [7, 11) is 0. The summed E-state index contributed by atoms with van der Waals surface area (Å²) in [5.41, 5.74) is 12.8. The maximum atomic E-state index is 10.4. The predicted molar refractivity (Wildman–Crippen MR) is 224 cm³/mol. The van der Waals surface area contributed by atoms with Gasteiger partial charge in [-0.1, -0.05) is 91.0 Å². The van der Waals surface area contributed by atoms with Crippen LogP contribution in [0.2, 0.25) is 0 Å². The first-order valence-corrected chi connectivity index (χ1v) is 18.3. The van der Waals surface area contributed by atoms with E-state index < -0.39 is 0 Å². The van der Waals surface area contributed by atoms with Crippen LogP contribution in [-0.4, -0.2) is 13.7 Å². The average molecular weight is 700 g/mol. The molecule has 11 aromatic rings. The zero-order valence-corrected chi connectivity index (χ0v) is 29.5. The molecule has 3 heterocycles. The van der Waals surface area contributed by atoms with Crippen LogP contribution in [0.4, 0.5) is 0 Å². The van der Waals surface area contributed by atoms with Crippen molar-refractivity contribution in [2.45, 2.75) is 0 Å². The standard InChI is InChI=1S/C50H29N5/c51-30-32-17-26-49-44(27-32)41-12-4-8-16-48(41)54(49)37-24-25-42-40-11-3-7-15-47(40)55(50(42)29-37)36-23-20-34(31-52)43(28-36)33-18-21-35(22-19-33)53-45-13-5-1-9-38(45)39-10-2-6-14-46(39)53/h1-29H. The minimum Gasteiger partial charge on any atom is -0.309 e. The van der Waals surface area contributed by atoms with Gasteiger partial charge in [0.05, 0.1) is 56.4 Å². The average Bonchev–Trinajstić information content (AvgIpc) is 3.88. The minimum atomic E-state index is 0.622. The first-order valence-electron chi connectivity index (χ1n) is 18.3. The largest absolute Gasteiger partial charge is 0.309 e. The highest BCUT2D eigenvalue weighted by molar-refractivity contribution is 6.12. The second-order valence-corrected chi connectivity index (χ2v) is 14.0. The normalized spacial score (nSPS) is 11.6. The molecule has 0 N–H and O–H groups in total. The Labute approximate surface area is 316 Å². The molecule has 254 valence electrons. The molecule has 0 aliphatic carbocycles. The van der Waals surface area contributed by atoms with E-state index in [4.69, 9.17) is 0 Å². The zero-order valence-electron chi connectivity index (χ0n) is 29.5. The molecule has 0 spiro atoms. The fourth-order valence-electron chi connectivity index (χ4n) is 8.70. The summed E-state index contributed by atoms with van der Waals surface area (Å²) in [4.78, 5) is 0. The van der Waals surface area contributed by atoms with Gasteiger partial charge < -0.3 is 13.7 Å². The van der Waals surface area contributed by atoms with E-state index >= 15 is 0 Å². The molecular formula is C50H29N5. The Bertz CT molecular complexity index is 3400. The number of nitrogens with zero attached hydrogens (tertiary/aromatic N) is 5. The zero-order chi connectivity index (χ0) is 36.6. The molecule has 0 aliphatic heterocycles. The number of nitriles is 2. The third-order valence-electron chi connectivity index (χ3n) is 11.1. The van der Waals surface area contributed by atoms with Crippen molar-refractivity contribution in [3.63, 3.8) is 0 Å². The maximum absolute atomic E-state index is 10.4. The van der Waals surface area contributed by atoms with Crippen molar-refractivity contribution in [3.8, 4) is 40.3 Å². The lowest BCUT2D eigenvalue weighted by Gasteiger charge is -2.14. The second kappa shape index (κ2) is 11.8. The first kappa shape index (κ1) is 30.7. The van der Waals surface area contributed by atoms with Crippen LogP contribution in [0.3, 0.4) is 0 Å². The predicted octanol–water partition coefficient (Wildman–Crippen LogP) is 12.4. The summed E-state index contributed by atoms with van der Waals surface area (Å²) in [6.07, 6.45) is 0. The third-order valence-corrected chi connectivity index (χ3v) is 11.1. The van der Waals surface area contributed by atoms with Crippen molar-refractivity contribution in [2.75, 3.05) is 0 Å². The summed E-state index contributed by atoms with van der Waals surface area (Å²) in [5.74, 6) is 0. The van der Waals surface area contributed by atoms with Gasteiger partial charge in [0, 0.05) is 54.9 Å². The van der Waals surface area contributed by atoms with Crippen molar-refractivity contribution in [2.24, 2.45) is 0 Å². The van der Waals surface area contributed by atoms with Crippen LogP contribution in [0.5, 0.6) is 0 Å². The Hall–Kier alpha value is -7.86. The molecule has 0 amide bonds. The van der Waals surface area contributed by atoms with Gasteiger partial charge in [-0.05, 0) is 90.5 Å². The lowest BCUT2D eigenvalue weighted by molar-refractivity contribution is 1.15. The van der Waals surface area contributed by atoms with Crippen molar-refractivity contribution < 1.29 is 0 Å². The van der Waals surface area contributed by atoms with Gasteiger partial charge in [0.2, 0.25) is 0 Å². The number of fused-ring (bicyclic) bond motifs is 9. The Morgan fingerprint density at radius 3 is 1.36 bits per heavy atom. The molecule has 0 aliphatic rings. The fourth-order valence-corrected chi connectivity index (χ4v) is 8.70. The highest BCUT2D eigenvalue weighted by atomic mass is 15.0. The number of aromatic nitrogens is 3. The number of benzene rings is 8. The molecule has 8 aromatic carbocycles. The summed E-state index contributed by atoms with van der Waals surface area (Å²) < 4.78 is 6.91. The second-order valence-electron chi connectivity index (χ2n) is 14.0. The Balaban J connectivity index is 1.09. The molecule has 0 saturated heterocycles. The van der Waals surface area contributed by atoms with E-state index in [-0.39, 0.29) is 0 Å². The molecular weight excluding hydrogens is 671 g/mol. The monoisotopic (exact) mass is 699 g/mol. The molecule has 0 unspecified atom stereocenters. The Morgan fingerprint density at radius 1 is 0.327 bits per heavy atom. The number of hydrogen-bond donors (Lipinski definition) is 0. The van der Waals surface area contributed by atoms with Gasteiger partial charge in [-0.3, -0.25) is 0 Å². The highest BCUT2D eigenvalue weighted by Crippen LogP contribution is 2.39. The van der Waals surface area contributed by atoms with E-state index in [9.17, 15) is 10.5 Å². The third kappa shape index (κ3) is 4.51. The molecule has 0 bridgehead atoms. The Kier molecular flexibility index (Phi) is 6.61. The van der Waals surface area contributed by atoms with Gasteiger partial charge in [-0.15, -0.1) is 0 Å². The smallest absolute Gasteiger partial charge is 0.0998 e. The first-order chi connectivity index (χ1) is 27.2. The molecule has 55 heavy (non-hydrogen) atoms. The molecule has 5 nitrogen and oxygen atoms in total. The van der Waals surface area contributed by atoms with Crippen LogP contribution in [0.25, 0.3) is 93.6 Å². The summed E-state index contributed by atoms with van der Waals surface area (Å²) in [5, 5.41) is 27.0. The van der Waals surface area contributed by atoms with E-state index in [1.807, 2.05) is 30.3 Å². The lowest BCUT2D eigenvalue weighted by Crippen LogP contribution is -1.98. The Morgan fingerprint density at radius 2 is 0.782 bits per heavy atom. The molecule has 5 heteroatoms. The fraction of sp³-hybridized carbons (Fsp3) is 0. The van der Waals surface area contributed by atoms with Gasteiger partial charge in [0.25, 0.3) is 0 Å². The van der Waals surface area contributed by atoms with Crippen LogP contribution >= 0.6 is 0 Å². The molecule has 11 rings (SSSR count). The van der Waals surface area contributed by atoms with Crippen LogP contribution in [-0.2, 0) is 0 Å². The van der Waals surface area contributed by atoms with Crippen molar-refractivity contribution in [3.05, 3.63) is 187 Å². The van der Waals surface area contributed by atoms with E-state index in [0.29, 0.717) is 11.1 Å². The van der Waals surface area contributed by atoms with E-state index in [1.54, 1.807) is 0 Å². The van der Waals surface area contributed by atoms with Crippen LogP contribution in [0.15, 0.2) is 176 Å². The van der Waals surface area contributed by atoms with E-state index in [1.165, 1.54) is 10.8 Å².